The largest absolute Gasteiger partial charge is 0.384 e. The van der Waals surface area contributed by atoms with Gasteiger partial charge in [0.25, 0.3) is 0 Å². The summed E-state index contributed by atoms with van der Waals surface area (Å²) < 4.78 is 0. The van der Waals surface area contributed by atoms with Gasteiger partial charge in [-0.1, -0.05) is 30.3 Å². The smallest absolute Gasteiger partial charge is 0.345 e. The highest BCUT2D eigenvalue weighted by atomic mass is 17.1. The standard InChI is InChI=1S/C10H10O5/c11-8(6-9(12)15-14)10(13)7-4-2-1-3-5-7/h1-5,8,11,14H,6H2. The minimum absolute atomic E-state index is 0.302. The first-order valence-corrected chi connectivity index (χ1v) is 4.26. The molecule has 0 aromatic heterocycles. The predicted octanol–water partition coefficient (Wildman–Crippen LogP) is 0.637. The van der Waals surface area contributed by atoms with Crippen molar-refractivity contribution in [3.05, 3.63) is 35.9 Å². The molecule has 0 saturated heterocycles. The summed E-state index contributed by atoms with van der Waals surface area (Å²) in [6.07, 6.45) is -2.06. The van der Waals surface area contributed by atoms with E-state index in [1.165, 1.54) is 12.1 Å². The average molecular weight is 210 g/mol. The van der Waals surface area contributed by atoms with Crippen LogP contribution in [0.15, 0.2) is 30.3 Å². The molecular weight excluding hydrogens is 200 g/mol. The van der Waals surface area contributed by atoms with Crippen LogP contribution < -0.4 is 0 Å². The zero-order valence-electron chi connectivity index (χ0n) is 7.79. The molecular formula is C10H10O5. The summed E-state index contributed by atoms with van der Waals surface area (Å²) in [5.74, 6) is -1.63. The number of hydrogen-bond donors (Lipinski definition) is 2. The van der Waals surface area contributed by atoms with Crippen LogP contribution in [0.1, 0.15) is 16.8 Å². The quantitative estimate of drug-likeness (QED) is 0.432. The van der Waals surface area contributed by atoms with Gasteiger partial charge in [-0.15, -0.1) is 0 Å². The summed E-state index contributed by atoms with van der Waals surface area (Å²) in [4.78, 5) is 25.4. The van der Waals surface area contributed by atoms with E-state index in [9.17, 15) is 14.7 Å². The number of benzene rings is 1. The zero-order valence-corrected chi connectivity index (χ0v) is 7.79. The van der Waals surface area contributed by atoms with Crippen LogP contribution in [0.3, 0.4) is 0 Å². The van der Waals surface area contributed by atoms with E-state index in [0.717, 1.165) is 0 Å². The molecule has 2 N–H and O–H groups in total. The molecule has 0 aliphatic carbocycles. The fourth-order valence-corrected chi connectivity index (χ4v) is 1.08. The highest BCUT2D eigenvalue weighted by Crippen LogP contribution is 2.06. The van der Waals surface area contributed by atoms with E-state index in [0.29, 0.717) is 5.56 Å². The topological polar surface area (TPSA) is 83.8 Å². The van der Waals surface area contributed by atoms with Crippen molar-refractivity contribution < 1.29 is 24.8 Å². The minimum atomic E-state index is -1.49. The van der Waals surface area contributed by atoms with Crippen molar-refractivity contribution in [2.75, 3.05) is 0 Å². The first kappa shape index (κ1) is 11.4. The van der Waals surface area contributed by atoms with Crippen LogP contribution in [-0.2, 0) is 9.68 Å². The van der Waals surface area contributed by atoms with E-state index in [-0.39, 0.29) is 0 Å². The molecule has 80 valence electrons. The third-order valence-electron chi connectivity index (χ3n) is 1.82. The maximum absolute atomic E-state index is 11.5. The number of hydrogen-bond acceptors (Lipinski definition) is 5. The molecule has 5 nitrogen and oxygen atoms in total. The second-order valence-electron chi connectivity index (χ2n) is 2.91. The van der Waals surface area contributed by atoms with Crippen molar-refractivity contribution in [3.63, 3.8) is 0 Å². The summed E-state index contributed by atoms with van der Waals surface area (Å²) in [5, 5.41) is 17.3. The lowest BCUT2D eigenvalue weighted by molar-refractivity contribution is -0.235. The van der Waals surface area contributed by atoms with Crippen LogP contribution in [0, 0.1) is 0 Å². The van der Waals surface area contributed by atoms with Crippen molar-refractivity contribution >= 4 is 11.8 Å². The highest BCUT2D eigenvalue weighted by molar-refractivity contribution is 6.00. The monoisotopic (exact) mass is 210 g/mol. The Balaban J connectivity index is 2.65. The Morgan fingerprint density at radius 3 is 2.40 bits per heavy atom. The molecule has 1 rings (SSSR count). The lowest BCUT2D eigenvalue weighted by Crippen LogP contribution is -2.24. The van der Waals surface area contributed by atoms with Gasteiger partial charge in [0.15, 0.2) is 5.78 Å². The molecule has 1 aromatic carbocycles. The number of rotatable bonds is 4. The van der Waals surface area contributed by atoms with Crippen molar-refractivity contribution in [2.24, 2.45) is 0 Å². The fourth-order valence-electron chi connectivity index (χ4n) is 1.08. The highest BCUT2D eigenvalue weighted by Gasteiger charge is 2.21. The lowest BCUT2D eigenvalue weighted by atomic mass is 10.0. The van der Waals surface area contributed by atoms with Crippen molar-refractivity contribution in [2.45, 2.75) is 12.5 Å². The average Bonchev–Trinajstić information content (AvgIpc) is 2.29. The Hall–Kier alpha value is -1.72. The first-order valence-electron chi connectivity index (χ1n) is 4.26. The summed E-state index contributed by atoms with van der Waals surface area (Å²) in [6.45, 7) is 0. The molecule has 1 aromatic rings. The van der Waals surface area contributed by atoms with Gasteiger partial charge in [0.1, 0.15) is 6.10 Å². The van der Waals surface area contributed by atoms with Crippen LogP contribution in [0.25, 0.3) is 0 Å². The fraction of sp³-hybridized carbons (Fsp3) is 0.200. The Morgan fingerprint density at radius 2 is 1.87 bits per heavy atom. The molecule has 5 heteroatoms. The second-order valence-corrected chi connectivity index (χ2v) is 2.91. The van der Waals surface area contributed by atoms with Gasteiger partial charge in [0.05, 0.1) is 6.42 Å². The van der Waals surface area contributed by atoms with Crippen LogP contribution in [0.4, 0.5) is 0 Å². The van der Waals surface area contributed by atoms with Gasteiger partial charge in [-0.05, 0) is 0 Å². The summed E-state index contributed by atoms with van der Waals surface area (Å²) in [5.41, 5.74) is 0.302. The van der Waals surface area contributed by atoms with Gasteiger partial charge in [-0.3, -0.25) is 4.79 Å². The third-order valence-corrected chi connectivity index (χ3v) is 1.82. The number of ketones is 1. The van der Waals surface area contributed by atoms with Crippen LogP contribution >= 0.6 is 0 Å². The normalized spacial score (nSPS) is 11.9. The minimum Gasteiger partial charge on any atom is -0.384 e. The molecule has 0 heterocycles. The van der Waals surface area contributed by atoms with Crippen LogP contribution in [-0.4, -0.2) is 28.2 Å². The zero-order chi connectivity index (χ0) is 11.3. The second kappa shape index (κ2) is 5.23. The summed E-state index contributed by atoms with van der Waals surface area (Å²) in [7, 11) is 0. The molecule has 1 unspecified atom stereocenters. The van der Waals surface area contributed by atoms with Gasteiger partial charge in [-0.25, -0.2) is 4.79 Å². The molecule has 0 aliphatic heterocycles. The number of carbonyl (C=O) groups is 2. The number of aliphatic hydroxyl groups excluding tert-OH is 1. The summed E-state index contributed by atoms with van der Waals surface area (Å²) >= 11 is 0. The SMILES string of the molecule is O=C(CC(O)C(=O)c1ccccc1)OO. The van der Waals surface area contributed by atoms with Gasteiger partial charge >= 0.3 is 5.97 Å². The molecule has 0 saturated carbocycles. The van der Waals surface area contributed by atoms with Gasteiger partial charge in [0, 0.05) is 5.56 Å². The maximum Gasteiger partial charge on any atom is 0.345 e. The summed E-state index contributed by atoms with van der Waals surface area (Å²) in [6, 6.07) is 8.06. The molecule has 0 bridgehead atoms. The Morgan fingerprint density at radius 1 is 1.27 bits per heavy atom. The number of Topliss-reactive ketones (excluding diaryl/α,β-unsaturated/α-hetero) is 1. The van der Waals surface area contributed by atoms with E-state index in [4.69, 9.17) is 5.26 Å². The first-order chi connectivity index (χ1) is 7.15. The molecule has 0 radical (unpaired) electrons. The van der Waals surface area contributed by atoms with Crippen molar-refractivity contribution in [3.8, 4) is 0 Å². The Bertz CT molecular complexity index is 346. The Kier molecular flexibility index (Phi) is 3.96. The van der Waals surface area contributed by atoms with Crippen molar-refractivity contribution in [1.29, 1.82) is 0 Å². The molecule has 0 fully saturated rings. The molecule has 0 aliphatic rings. The van der Waals surface area contributed by atoms with Crippen molar-refractivity contribution in [1.82, 2.24) is 0 Å². The van der Waals surface area contributed by atoms with E-state index in [1.54, 1.807) is 18.2 Å². The molecule has 0 amide bonds. The van der Waals surface area contributed by atoms with E-state index in [1.807, 2.05) is 0 Å². The molecule has 1 atom stereocenters. The van der Waals surface area contributed by atoms with Gasteiger partial charge in [0.2, 0.25) is 0 Å². The van der Waals surface area contributed by atoms with Gasteiger partial charge < -0.3 is 9.99 Å². The third kappa shape index (κ3) is 3.16. The molecule has 0 spiro atoms. The maximum atomic E-state index is 11.5. The van der Waals surface area contributed by atoms with Crippen LogP contribution in [0.5, 0.6) is 0 Å². The Labute approximate surface area is 85.8 Å². The number of carbonyl (C=O) groups excluding carboxylic acids is 2. The van der Waals surface area contributed by atoms with E-state index in [2.05, 4.69) is 4.89 Å². The predicted molar refractivity (Wildman–Crippen MR) is 50.1 cm³/mol. The van der Waals surface area contributed by atoms with E-state index >= 15 is 0 Å². The van der Waals surface area contributed by atoms with Crippen LogP contribution in [0.2, 0.25) is 0 Å². The van der Waals surface area contributed by atoms with E-state index < -0.39 is 24.3 Å². The van der Waals surface area contributed by atoms with Gasteiger partial charge in [-0.2, -0.15) is 5.26 Å². The number of aliphatic hydroxyl groups is 1. The molecule has 15 heavy (non-hydrogen) atoms. The lowest BCUT2D eigenvalue weighted by Gasteiger charge is -2.06.